The number of aldehydes is 1. The minimum absolute atomic E-state index is 0.190. The highest BCUT2D eigenvalue weighted by atomic mass is 17.1. The van der Waals surface area contributed by atoms with E-state index in [-0.39, 0.29) is 5.56 Å². The SMILES string of the molecule is COc1ccc(C(OO)c2ccccc2)cc1.O=Cc1ccc(C(=O)O)cc1. The number of carbonyl (C=O) groups excluding carboxylic acids is 1. The molecule has 0 saturated carbocycles. The van der Waals surface area contributed by atoms with Crippen LogP contribution in [0.15, 0.2) is 78.9 Å². The van der Waals surface area contributed by atoms with E-state index >= 15 is 0 Å². The standard InChI is InChI=1S/C14H14O3.C8H6O3/c1-16-13-9-7-12(8-10-13)14(17-15)11-5-3-2-4-6-11;9-5-6-1-3-7(4-2-6)8(10)11/h2-10,14-15H,1H3;1-5H,(H,10,11). The van der Waals surface area contributed by atoms with Crippen molar-refractivity contribution in [3.05, 3.63) is 101 Å². The third kappa shape index (κ3) is 5.77. The fourth-order valence-corrected chi connectivity index (χ4v) is 2.42. The van der Waals surface area contributed by atoms with Crippen molar-refractivity contribution >= 4 is 12.3 Å². The number of carbonyl (C=O) groups is 2. The number of rotatable bonds is 6. The third-order valence-corrected chi connectivity index (χ3v) is 3.92. The summed E-state index contributed by atoms with van der Waals surface area (Å²) < 4.78 is 5.08. The van der Waals surface area contributed by atoms with Gasteiger partial charge >= 0.3 is 5.97 Å². The van der Waals surface area contributed by atoms with Crippen molar-refractivity contribution in [1.29, 1.82) is 0 Å². The first kappa shape index (κ1) is 20.8. The maximum absolute atomic E-state index is 10.3. The van der Waals surface area contributed by atoms with Crippen molar-refractivity contribution in [3.8, 4) is 5.75 Å². The van der Waals surface area contributed by atoms with E-state index in [1.54, 1.807) is 7.11 Å². The zero-order valence-corrected chi connectivity index (χ0v) is 15.2. The molecule has 0 aliphatic rings. The van der Waals surface area contributed by atoms with Crippen molar-refractivity contribution in [2.24, 2.45) is 0 Å². The highest BCUT2D eigenvalue weighted by Gasteiger charge is 2.14. The molecule has 6 nitrogen and oxygen atoms in total. The van der Waals surface area contributed by atoms with Crippen LogP contribution >= 0.6 is 0 Å². The smallest absolute Gasteiger partial charge is 0.335 e. The van der Waals surface area contributed by atoms with Crippen molar-refractivity contribution in [1.82, 2.24) is 0 Å². The molecule has 3 aromatic rings. The van der Waals surface area contributed by atoms with Gasteiger partial charge in [-0.15, -0.1) is 0 Å². The van der Waals surface area contributed by atoms with Crippen LogP contribution < -0.4 is 4.74 Å². The maximum atomic E-state index is 10.3. The normalized spacial score (nSPS) is 10.9. The van der Waals surface area contributed by atoms with E-state index < -0.39 is 12.1 Å². The first-order chi connectivity index (χ1) is 13.6. The van der Waals surface area contributed by atoms with Crippen LogP contribution in [0.4, 0.5) is 0 Å². The molecule has 2 N–H and O–H groups in total. The summed E-state index contributed by atoms with van der Waals surface area (Å²) in [5.74, 6) is -0.207. The van der Waals surface area contributed by atoms with E-state index in [9.17, 15) is 9.59 Å². The predicted molar refractivity (Wildman–Crippen MR) is 104 cm³/mol. The van der Waals surface area contributed by atoms with Crippen molar-refractivity contribution < 1.29 is 29.6 Å². The van der Waals surface area contributed by atoms with Gasteiger partial charge in [0.25, 0.3) is 0 Å². The molecule has 0 bridgehead atoms. The molecule has 0 aliphatic heterocycles. The lowest BCUT2D eigenvalue weighted by atomic mass is 10.0. The highest BCUT2D eigenvalue weighted by Crippen LogP contribution is 2.26. The second-order valence-corrected chi connectivity index (χ2v) is 5.71. The molecule has 0 aliphatic carbocycles. The lowest BCUT2D eigenvalue weighted by Gasteiger charge is -2.14. The zero-order valence-electron chi connectivity index (χ0n) is 15.2. The van der Waals surface area contributed by atoms with E-state index in [2.05, 4.69) is 4.89 Å². The lowest BCUT2D eigenvalue weighted by molar-refractivity contribution is -0.270. The van der Waals surface area contributed by atoms with Gasteiger partial charge in [0.1, 0.15) is 18.1 Å². The van der Waals surface area contributed by atoms with E-state index in [0.717, 1.165) is 16.9 Å². The lowest BCUT2D eigenvalue weighted by Crippen LogP contribution is -2.03. The molecule has 0 fully saturated rings. The topological polar surface area (TPSA) is 93.1 Å². The summed E-state index contributed by atoms with van der Waals surface area (Å²) in [6.45, 7) is 0. The average Bonchev–Trinajstić information content (AvgIpc) is 2.76. The molecule has 1 unspecified atom stereocenters. The quantitative estimate of drug-likeness (QED) is 0.372. The van der Waals surface area contributed by atoms with Gasteiger partial charge in [-0.2, -0.15) is 0 Å². The Morgan fingerprint density at radius 2 is 1.46 bits per heavy atom. The number of hydrogen-bond acceptors (Lipinski definition) is 5. The summed E-state index contributed by atoms with van der Waals surface area (Å²) in [4.78, 5) is 25.0. The summed E-state index contributed by atoms with van der Waals surface area (Å²) in [6.07, 6.45) is 0.202. The number of ether oxygens (including phenoxy) is 1. The number of hydrogen-bond donors (Lipinski definition) is 2. The Kier molecular flexibility index (Phi) is 7.90. The van der Waals surface area contributed by atoms with Gasteiger partial charge < -0.3 is 9.84 Å². The van der Waals surface area contributed by atoms with Crippen molar-refractivity contribution in [2.75, 3.05) is 7.11 Å². The summed E-state index contributed by atoms with van der Waals surface area (Å²) in [7, 11) is 1.62. The van der Waals surface area contributed by atoms with Crippen LogP contribution in [0.3, 0.4) is 0 Å². The van der Waals surface area contributed by atoms with Gasteiger partial charge in [0, 0.05) is 5.56 Å². The second kappa shape index (κ2) is 10.6. The molecule has 0 radical (unpaired) electrons. The Bertz CT molecular complexity index is 873. The molecule has 0 saturated heterocycles. The summed E-state index contributed by atoms with van der Waals surface area (Å²) in [5, 5.41) is 17.5. The van der Waals surface area contributed by atoms with Crippen LogP contribution in [-0.2, 0) is 4.89 Å². The average molecular weight is 380 g/mol. The fourth-order valence-electron chi connectivity index (χ4n) is 2.42. The van der Waals surface area contributed by atoms with E-state index in [1.807, 2.05) is 54.6 Å². The van der Waals surface area contributed by atoms with E-state index in [4.69, 9.17) is 15.1 Å². The molecule has 6 heteroatoms. The zero-order chi connectivity index (χ0) is 20.4. The van der Waals surface area contributed by atoms with Gasteiger partial charge in [0.05, 0.1) is 12.7 Å². The van der Waals surface area contributed by atoms with E-state index in [1.165, 1.54) is 24.3 Å². The van der Waals surface area contributed by atoms with Crippen LogP contribution in [-0.4, -0.2) is 29.7 Å². The molecule has 3 aromatic carbocycles. The predicted octanol–water partition coefficient (Wildman–Crippen LogP) is 4.47. The molecular weight excluding hydrogens is 360 g/mol. The highest BCUT2D eigenvalue weighted by molar-refractivity contribution is 5.88. The van der Waals surface area contributed by atoms with Gasteiger partial charge in [-0.1, -0.05) is 54.6 Å². The first-order valence-corrected chi connectivity index (χ1v) is 8.36. The molecule has 0 aromatic heterocycles. The van der Waals surface area contributed by atoms with Gasteiger partial charge in [0.15, 0.2) is 0 Å². The Labute approximate surface area is 162 Å². The van der Waals surface area contributed by atoms with Gasteiger partial charge in [-0.05, 0) is 35.4 Å². The van der Waals surface area contributed by atoms with Crippen molar-refractivity contribution in [2.45, 2.75) is 6.10 Å². The summed E-state index contributed by atoms with van der Waals surface area (Å²) >= 11 is 0. The minimum atomic E-state index is -0.984. The molecule has 144 valence electrons. The fraction of sp³-hybridized carbons (Fsp3) is 0.0909. The monoisotopic (exact) mass is 380 g/mol. The van der Waals surface area contributed by atoms with E-state index in [0.29, 0.717) is 11.8 Å². The first-order valence-electron chi connectivity index (χ1n) is 8.36. The minimum Gasteiger partial charge on any atom is -0.497 e. The number of benzene rings is 3. The van der Waals surface area contributed by atoms with Gasteiger partial charge in [-0.3, -0.25) is 10.1 Å². The second-order valence-electron chi connectivity index (χ2n) is 5.71. The molecule has 0 heterocycles. The van der Waals surface area contributed by atoms with Crippen LogP contribution in [0.2, 0.25) is 0 Å². The van der Waals surface area contributed by atoms with Crippen LogP contribution in [0, 0.1) is 0 Å². The molecule has 0 amide bonds. The number of carboxylic acid groups (broad SMARTS) is 1. The van der Waals surface area contributed by atoms with Crippen LogP contribution in [0.5, 0.6) is 5.75 Å². The van der Waals surface area contributed by atoms with Crippen LogP contribution in [0.25, 0.3) is 0 Å². The molecular formula is C22H20O6. The van der Waals surface area contributed by atoms with Gasteiger partial charge in [-0.25, -0.2) is 9.68 Å². The van der Waals surface area contributed by atoms with Gasteiger partial charge in [0.2, 0.25) is 0 Å². The largest absolute Gasteiger partial charge is 0.497 e. The van der Waals surface area contributed by atoms with Crippen LogP contribution in [0.1, 0.15) is 37.9 Å². The molecule has 3 rings (SSSR count). The molecule has 0 spiro atoms. The Morgan fingerprint density at radius 1 is 0.893 bits per heavy atom. The summed E-state index contributed by atoms with van der Waals surface area (Å²) in [5.41, 5.74) is 2.45. The summed E-state index contributed by atoms with van der Waals surface area (Å²) in [6, 6.07) is 22.7. The number of aromatic carboxylic acids is 1. The number of carboxylic acids is 1. The Hall–Kier alpha value is -3.48. The molecule has 28 heavy (non-hydrogen) atoms. The Morgan fingerprint density at radius 3 is 1.93 bits per heavy atom. The number of methoxy groups -OCH3 is 1. The van der Waals surface area contributed by atoms with Crippen molar-refractivity contribution in [3.63, 3.8) is 0 Å². The Balaban J connectivity index is 0.000000221. The maximum Gasteiger partial charge on any atom is 0.335 e. The third-order valence-electron chi connectivity index (χ3n) is 3.92. The molecule has 1 atom stereocenters.